The van der Waals surface area contributed by atoms with Crippen molar-refractivity contribution in [2.75, 3.05) is 7.11 Å². The first-order valence-corrected chi connectivity index (χ1v) is 5.34. The molecule has 0 aliphatic rings. The quantitative estimate of drug-likeness (QED) is 0.754. The molecule has 0 saturated heterocycles. The van der Waals surface area contributed by atoms with E-state index in [-0.39, 0.29) is 0 Å². The second-order valence-corrected chi connectivity index (χ2v) is 4.12. The Morgan fingerprint density at radius 2 is 1.79 bits per heavy atom. The van der Waals surface area contributed by atoms with E-state index in [1.807, 2.05) is 42.5 Å². The summed E-state index contributed by atoms with van der Waals surface area (Å²) in [5.74, 6) is 0. The minimum Gasteiger partial charge on any atom is -0.290 e. The van der Waals surface area contributed by atoms with Crippen molar-refractivity contribution < 1.29 is 8.39 Å². The van der Waals surface area contributed by atoms with Crippen molar-refractivity contribution >= 4 is 21.9 Å². The molecule has 3 heteroatoms. The Hall–Kier alpha value is -1.19. The van der Waals surface area contributed by atoms with Crippen LogP contribution in [0.5, 0.6) is 0 Å². The van der Waals surface area contributed by atoms with Gasteiger partial charge >= 0.3 is 0 Å². The van der Waals surface area contributed by atoms with Crippen LogP contribution in [0.25, 0.3) is 10.8 Å². The maximum absolute atomic E-state index is 11.5. The third-order valence-corrected chi connectivity index (χ3v) is 3.10. The van der Waals surface area contributed by atoms with E-state index in [1.54, 1.807) is 0 Å². The van der Waals surface area contributed by atoms with Crippen LogP contribution in [-0.2, 0) is 15.3 Å². The molecule has 2 aromatic carbocycles. The molecular weight excluding hydrogens is 196 g/mol. The maximum Gasteiger partial charge on any atom is 0.189 e. The molecule has 0 N–H and O–H groups in total. The number of fused-ring (bicyclic) bond motifs is 1. The Morgan fingerprint density at radius 1 is 1.07 bits per heavy atom. The lowest BCUT2D eigenvalue weighted by Crippen LogP contribution is -1.93. The van der Waals surface area contributed by atoms with E-state index in [1.165, 1.54) is 7.11 Å². The number of hydrogen-bond donors (Lipinski definition) is 0. The summed E-state index contributed by atoms with van der Waals surface area (Å²) in [6.45, 7) is 0. The Balaban J connectivity index is 2.71. The van der Waals surface area contributed by atoms with Crippen molar-refractivity contribution in [2.45, 2.75) is 4.90 Å². The van der Waals surface area contributed by atoms with Gasteiger partial charge in [-0.3, -0.25) is 4.18 Å². The third-order valence-electron chi connectivity index (χ3n) is 2.08. The molecule has 0 unspecified atom stereocenters. The lowest BCUT2D eigenvalue weighted by molar-refractivity contribution is 0.446. The molecule has 1 atom stereocenters. The Bertz CT molecular complexity index is 474. The molecule has 0 amide bonds. The van der Waals surface area contributed by atoms with Gasteiger partial charge in [-0.25, -0.2) is 4.21 Å². The van der Waals surface area contributed by atoms with Crippen LogP contribution in [0.3, 0.4) is 0 Å². The van der Waals surface area contributed by atoms with Gasteiger partial charge in [0.1, 0.15) is 0 Å². The van der Waals surface area contributed by atoms with E-state index in [0.717, 1.165) is 15.7 Å². The van der Waals surface area contributed by atoms with Crippen molar-refractivity contribution in [2.24, 2.45) is 0 Å². The average Bonchev–Trinajstić information content (AvgIpc) is 2.27. The normalized spacial score (nSPS) is 12.9. The van der Waals surface area contributed by atoms with Crippen LogP contribution < -0.4 is 0 Å². The van der Waals surface area contributed by atoms with Gasteiger partial charge in [-0.15, -0.1) is 0 Å². The highest BCUT2D eigenvalue weighted by molar-refractivity contribution is 7.80. The summed E-state index contributed by atoms with van der Waals surface area (Å²) < 4.78 is 16.3. The van der Waals surface area contributed by atoms with E-state index >= 15 is 0 Å². The summed E-state index contributed by atoms with van der Waals surface area (Å²) >= 11 is -1.36. The highest BCUT2D eigenvalue weighted by Gasteiger charge is 2.06. The molecule has 2 aromatic rings. The van der Waals surface area contributed by atoms with Crippen LogP contribution >= 0.6 is 0 Å². The van der Waals surface area contributed by atoms with E-state index in [9.17, 15) is 4.21 Å². The first-order chi connectivity index (χ1) is 6.83. The molecule has 2 nitrogen and oxygen atoms in total. The van der Waals surface area contributed by atoms with Crippen LogP contribution in [0.1, 0.15) is 0 Å². The van der Waals surface area contributed by atoms with Crippen LogP contribution in [0, 0.1) is 0 Å². The molecule has 0 spiro atoms. The zero-order valence-electron chi connectivity index (χ0n) is 7.77. The van der Waals surface area contributed by atoms with Gasteiger partial charge in [-0.05, 0) is 11.5 Å². The number of rotatable bonds is 2. The minimum absolute atomic E-state index is 0.727. The number of benzene rings is 2. The predicted molar refractivity (Wildman–Crippen MR) is 57.4 cm³/mol. The molecule has 0 bridgehead atoms. The van der Waals surface area contributed by atoms with Gasteiger partial charge in [-0.1, -0.05) is 36.4 Å². The second-order valence-electron chi connectivity index (χ2n) is 2.88. The van der Waals surface area contributed by atoms with E-state index in [4.69, 9.17) is 4.18 Å². The average molecular weight is 206 g/mol. The molecular formula is C11H10O2S. The van der Waals surface area contributed by atoms with Gasteiger partial charge < -0.3 is 0 Å². The fraction of sp³-hybridized carbons (Fsp3) is 0.0909. The molecule has 2 rings (SSSR count). The third kappa shape index (κ3) is 1.56. The van der Waals surface area contributed by atoms with Gasteiger partial charge in [0.2, 0.25) is 0 Å². The summed E-state index contributed by atoms with van der Waals surface area (Å²) in [7, 11) is 1.44. The monoisotopic (exact) mass is 206 g/mol. The van der Waals surface area contributed by atoms with E-state index in [2.05, 4.69) is 0 Å². The summed E-state index contributed by atoms with van der Waals surface area (Å²) in [6.07, 6.45) is 0. The lowest BCUT2D eigenvalue weighted by Gasteiger charge is -2.03. The molecule has 0 aliphatic carbocycles. The molecule has 14 heavy (non-hydrogen) atoms. The first-order valence-electron chi connectivity index (χ1n) is 4.27. The van der Waals surface area contributed by atoms with Crippen LogP contribution in [0.15, 0.2) is 47.4 Å². The zero-order valence-corrected chi connectivity index (χ0v) is 8.58. The Kier molecular flexibility index (Phi) is 2.61. The molecule has 72 valence electrons. The Morgan fingerprint density at radius 3 is 2.57 bits per heavy atom. The van der Waals surface area contributed by atoms with Crippen molar-refractivity contribution in [1.82, 2.24) is 0 Å². The predicted octanol–water partition coefficient (Wildman–Crippen LogP) is 2.51. The minimum atomic E-state index is -1.36. The Labute approximate surface area is 85.2 Å². The van der Waals surface area contributed by atoms with Gasteiger partial charge in [0.25, 0.3) is 0 Å². The van der Waals surface area contributed by atoms with Crippen LogP contribution in [0.4, 0.5) is 0 Å². The molecule has 0 fully saturated rings. The summed E-state index contributed by atoms with van der Waals surface area (Å²) in [5.41, 5.74) is 0. The van der Waals surface area contributed by atoms with Crippen molar-refractivity contribution in [3.8, 4) is 0 Å². The number of hydrogen-bond acceptors (Lipinski definition) is 2. The molecule has 0 aromatic heterocycles. The SMILES string of the molecule is CO[S@@](=O)c1cccc2ccccc12. The topological polar surface area (TPSA) is 26.3 Å². The molecule has 0 radical (unpaired) electrons. The highest BCUT2D eigenvalue weighted by atomic mass is 32.2. The lowest BCUT2D eigenvalue weighted by atomic mass is 10.1. The van der Waals surface area contributed by atoms with Crippen molar-refractivity contribution in [3.63, 3.8) is 0 Å². The van der Waals surface area contributed by atoms with Crippen LogP contribution in [0.2, 0.25) is 0 Å². The highest BCUT2D eigenvalue weighted by Crippen LogP contribution is 2.21. The van der Waals surface area contributed by atoms with Crippen molar-refractivity contribution in [3.05, 3.63) is 42.5 Å². The van der Waals surface area contributed by atoms with E-state index < -0.39 is 11.1 Å². The molecule has 0 heterocycles. The smallest absolute Gasteiger partial charge is 0.189 e. The standard InChI is InChI=1S/C11H10O2S/c1-13-14(12)11-8-4-6-9-5-2-3-7-10(9)11/h2-8H,1H3/t14-/m1/s1. The zero-order chi connectivity index (χ0) is 9.97. The van der Waals surface area contributed by atoms with Gasteiger partial charge in [0, 0.05) is 5.39 Å². The fourth-order valence-electron chi connectivity index (χ4n) is 1.43. The molecule has 0 aliphatic heterocycles. The van der Waals surface area contributed by atoms with Crippen molar-refractivity contribution in [1.29, 1.82) is 0 Å². The van der Waals surface area contributed by atoms with Gasteiger partial charge in [0.05, 0.1) is 12.0 Å². The fourth-order valence-corrected chi connectivity index (χ4v) is 2.17. The molecule has 0 saturated carbocycles. The largest absolute Gasteiger partial charge is 0.290 e. The summed E-state index contributed by atoms with van der Waals surface area (Å²) in [6, 6.07) is 13.5. The summed E-state index contributed by atoms with van der Waals surface area (Å²) in [4.78, 5) is 0.727. The van der Waals surface area contributed by atoms with Crippen LogP contribution in [-0.4, -0.2) is 11.3 Å². The van der Waals surface area contributed by atoms with E-state index in [0.29, 0.717) is 0 Å². The summed E-state index contributed by atoms with van der Waals surface area (Å²) in [5, 5.41) is 2.06. The maximum atomic E-state index is 11.5. The van der Waals surface area contributed by atoms with Gasteiger partial charge in [-0.2, -0.15) is 0 Å². The second kappa shape index (κ2) is 3.90. The first kappa shape index (κ1) is 9.37. The van der Waals surface area contributed by atoms with Gasteiger partial charge in [0.15, 0.2) is 11.1 Å².